The molecule has 6 heteroatoms. The Labute approximate surface area is 309 Å². The average molecular weight is 855 g/mol. The van der Waals surface area contributed by atoms with Crippen molar-refractivity contribution in [2.24, 2.45) is 10.8 Å². The number of carbonyl (C=O) groups is 1. The first kappa shape index (κ1) is 40.4. The number of pyridine rings is 1. The summed E-state index contributed by atoms with van der Waals surface area (Å²) >= 11 is 0. The molecule has 0 amide bonds. The number of rotatable bonds is 9. The van der Waals surface area contributed by atoms with Crippen molar-refractivity contribution in [2.45, 2.75) is 113 Å². The molecule has 5 rings (SSSR count). The average Bonchev–Trinajstić information content (AvgIpc) is 3.45. The Morgan fingerprint density at radius 3 is 1.96 bits per heavy atom. The fourth-order valence-electron chi connectivity index (χ4n) is 6.17. The molecule has 2 heterocycles. The fourth-order valence-corrected chi connectivity index (χ4v) is 7.63. The number of hydrogen-bond donors (Lipinski definition) is 1. The number of allylic oxidation sites excluding steroid dienone is 2. The third-order valence-electron chi connectivity index (χ3n) is 10.7. The molecular formula is C43H56IrNO3Si-. The zero-order valence-electron chi connectivity index (χ0n) is 31.7. The van der Waals surface area contributed by atoms with E-state index in [-0.39, 0.29) is 47.9 Å². The van der Waals surface area contributed by atoms with Gasteiger partial charge in [0.15, 0.2) is 5.78 Å². The summed E-state index contributed by atoms with van der Waals surface area (Å²) in [6, 6.07) is 23.0. The molecule has 0 aliphatic heterocycles. The minimum Gasteiger partial charge on any atom is -0.512 e. The molecule has 4 nitrogen and oxygen atoms in total. The molecule has 1 radical (unpaired) electrons. The van der Waals surface area contributed by atoms with Crippen LogP contribution in [0.3, 0.4) is 0 Å². The van der Waals surface area contributed by atoms with E-state index in [1.54, 1.807) is 0 Å². The van der Waals surface area contributed by atoms with Crippen molar-refractivity contribution in [2.75, 3.05) is 0 Å². The van der Waals surface area contributed by atoms with Gasteiger partial charge < -0.3 is 9.52 Å². The van der Waals surface area contributed by atoms with Gasteiger partial charge in [-0.05, 0) is 42.4 Å². The molecule has 0 saturated heterocycles. The maximum absolute atomic E-state index is 12.2. The van der Waals surface area contributed by atoms with Crippen LogP contribution in [-0.2, 0) is 30.3 Å². The van der Waals surface area contributed by atoms with Crippen LogP contribution < -0.4 is 5.19 Å². The molecule has 3 aromatic carbocycles. The smallest absolute Gasteiger partial charge is 0.164 e. The molecule has 0 spiro atoms. The minimum absolute atomic E-state index is 0. The van der Waals surface area contributed by atoms with Crippen molar-refractivity contribution in [3.63, 3.8) is 0 Å². The van der Waals surface area contributed by atoms with Crippen molar-refractivity contribution in [3.05, 3.63) is 84.3 Å². The minimum atomic E-state index is -1.55. The van der Waals surface area contributed by atoms with E-state index in [1.807, 2.05) is 47.7 Å². The van der Waals surface area contributed by atoms with Gasteiger partial charge in [0.05, 0.1) is 8.07 Å². The first-order chi connectivity index (χ1) is 22.4. The number of benzene rings is 3. The first-order valence-corrected chi connectivity index (χ1v) is 21.2. The molecule has 0 aliphatic carbocycles. The number of fused-ring (bicyclic) bond motifs is 4. The number of nitrogens with zero attached hydrogens (tertiary/aromatic N) is 1. The van der Waals surface area contributed by atoms with Gasteiger partial charge >= 0.3 is 0 Å². The van der Waals surface area contributed by atoms with Gasteiger partial charge in [-0.15, -0.1) is 29.1 Å². The molecule has 0 bridgehead atoms. The predicted molar refractivity (Wildman–Crippen MR) is 208 cm³/mol. The van der Waals surface area contributed by atoms with Gasteiger partial charge in [0.1, 0.15) is 16.9 Å². The summed E-state index contributed by atoms with van der Waals surface area (Å²) in [5.41, 5.74) is 4.44. The van der Waals surface area contributed by atoms with Crippen molar-refractivity contribution < 1.29 is 34.4 Å². The molecule has 49 heavy (non-hydrogen) atoms. The number of aliphatic hydroxyl groups excluding tert-OH is 1. The van der Waals surface area contributed by atoms with Crippen LogP contribution in [0.4, 0.5) is 0 Å². The second kappa shape index (κ2) is 15.5. The van der Waals surface area contributed by atoms with E-state index >= 15 is 0 Å². The van der Waals surface area contributed by atoms with Crippen LogP contribution in [0, 0.1) is 16.9 Å². The van der Waals surface area contributed by atoms with Crippen molar-refractivity contribution in [1.29, 1.82) is 0 Å². The van der Waals surface area contributed by atoms with Crippen LogP contribution in [-0.4, -0.2) is 23.9 Å². The first-order valence-electron chi connectivity index (χ1n) is 17.7. The van der Waals surface area contributed by atoms with Crippen LogP contribution in [0.2, 0.25) is 19.6 Å². The number of carbonyl (C=O) groups excluding carboxylic acids is 1. The summed E-state index contributed by atoms with van der Waals surface area (Å²) in [5.74, 6) is 0.286. The maximum atomic E-state index is 12.2. The SMILES string of the molecule is CC(C)(C)c1cc(-c2nccc3c2oc2c([Si](C)(C)C)cccc23)[c-]c2ccccc12.CCC(C)(CC)C(=O)/C=C(\O)C(C)(CC)CC.[Ir]. The van der Waals surface area contributed by atoms with Gasteiger partial charge in [-0.2, -0.15) is 0 Å². The fraction of sp³-hybridized carbons (Fsp3) is 0.442. The monoisotopic (exact) mass is 855 g/mol. The van der Waals surface area contributed by atoms with Crippen LogP contribution >= 0.6 is 0 Å². The van der Waals surface area contributed by atoms with Gasteiger partial charge in [0.25, 0.3) is 0 Å². The second-order valence-electron chi connectivity index (χ2n) is 15.9. The van der Waals surface area contributed by atoms with Gasteiger partial charge in [-0.25, -0.2) is 0 Å². The topological polar surface area (TPSA) is 63.3 Å². The molecule has 265 valence electrons. The van der Waals surface area contributed by atoms with E-state index in [4.69, 9.17) is 9.40 Å². The second-order valence-corrected chi connectivity index (χ2v) is 20.9. The van der Waals surface area contributed by atoms with Gasteiger partial charge in [-0.1, -0.05) is 129 Å². The Kier molecular flexibility index (Phi) is 12.7. The van der Waals surface area contributed by atoms with Crippen LogP contribution in [0.5, 0.6) is 0 Å². The molecule has 5 aromatic rings. The van der Waals surface area contributed by atoms with Crippen molar-refractivity contribution in [3.8, 4) is 11.3 Å². The van der Waals surface area contributed by atoms with Crippen LogP contribution in [0.1, 0.15) is 93.6 Å². The van der Waals surface area contributed by atoms with Crippen LogP contribution in [0.25, 0.3) is 44.0 Å². The predicted octanol–water partition coefficient (Wildman–Crippen LogP) is 12.1. The van der Waals surface area contributed by atoms with E-state index in [0.717, 1.165) is 58.9 Å². The van der Waals surface area contributed by atoms with Gasteiger partial charge in [0, 0.05) is 59.7 Å². The number of furan rings is 1. The summed E-state index contributed by atoms with van der Waals surface area (Å²) in [4.78, 5) is 17.0. The third-order valence-corrected chi connectivity index (χ3v) is 12.7. The van der Waals surface area contributed by atoms with E-state index < -0.39 is 8.07 Å². The molecule has 2 aromatic heterocycles. The van der Waals surface area contributed by atoms with E-state index in [2.05, 4.69) is 101 Å². The van der Waals surface area contributed by atoms with Gasteiger partial charge in [0.2, 0.25) is 0 Å². The molecular weight excluding hydrogens is 799 g/mol. The number of para-hydroxylation sites is 1. The summed E-state index contributed by atoms with van der Waals surface area (Å²) < 4.78 is 6.59. The standard InChI is InChI=1S/C28H28NOSi.C15H28O2.Ir/c1-28(2,3)23-17-19(16-18-10-7-8-11-20(18)23)25-27-22(14-15-29-25)21-12-9-13-24(26(21)30-27)31(4,5)6;1-7-14(5,8-2)12(16)11-13(17)15(6,9-3)10-4;/h7-15,17H,1-6H3;11,16H,7-10H2,1-6H3;/q-1;;/b;12-11-;. The van der Waals surface area contributed by atoms with Crippen molar-refractivity contribution >= 4 is 51.8 Å². The summed E-state index contributed by atoms with van der Waals surface area (Å²) in [6.07, 6.45) is 6.65. The molecule has 0 saturated carbocycles. The molecule has 0 unspecified atom stereocenters. The quantitative estimate of drug-likeness (QED) is 0.0694. The Bertz CT molecular complexity index is 1950. The Balaban J connectivity index is 0.000000312. The molecule has 0 atom stereocenters. The summed E-state index contributed by atoms with van der Waals surface area (Å²) in [5, 5.41) is 16.1. The Morgan fingerprint density at radius 1 is 0.816 bits per heavy atom. The maximum Gasteiger partial charge on any atom is 0.164 e. The molecule has 1 N–H and O–H groups in total. The number of ketones is 1. The van der Waals surface area contributed by atoms with E-state index in [9.17, 15) is 9.90 Å². The zero-order chi connectivity index (χ0) is 35.7. The number of aromatic nitrogens is 1. The van der Waals surface area contributed by atoms with Crippen LogP contribution in [0.15, 0.2) is 77.0 Å². The summed E-state index contributed by atoms with van der Waals surface area (Å²) in [6.45, 7) is 25.9. The largest absolute Gasteiger partial charge is 0.512 e. The number of hydrogen-bond acceptors (Lipinski definition) is 4. The normalized spacial score (nSPS) is 12.9. The third kappa shape index (κ3) is 8.30. The summed E-state index contributed by atoms with van der Waals surface area (Å²) in [7, 11) is -1.55. The Morgan fingerprint density at radius 2 is 1.39 bits per heavy atom. The van der Waals surface area contributed by atoms with Gasteiger partial charge in [-0.3, -0.25) is 9.78 Å². The zero-order valence-corrected chi connectivity index (χ0v) is 35.1. The van der Waals surface area contributed by atoms with E-state index in [0.29, 0.717) is 0 Å². The number of aliphatic hydroxyl groups is 1. The molecule has 0 fully saturated rings. The molecule has 0 aliphatic rings. The van der Waals surface area contributed by atoms with E-state index in [1.165, 1.54) is 27.6 Å². The Hall–Kier alpha value is -3.05. The van der Waals surface area contributed by atoms with Crippen molar-refractivity contribution in [1.82, 2.24) is 4.98 Å².